The molecule has 0 aromatic rings. The van der Waals surface area contributed by atoms with Crippen molar-refractivity contribution in [3.05, 3.63) is 0 Å². The van der Waals surface area contributed by atoms with Gasteiger partial charge in [-0.3, -0.25) is 9.59 Å². The van der Waals surface area contributed by atoms with Gasteiger partial charge in [0.05, 0.1) is 11.8 Å². The van der Waals surface area contributed by atoms with Gasteiger partial charge in [-0.1, -0.05) is 19.8 Å². The van der Waals surface area contributed by atoms with Crippen molar-refractivity contribution >= 4 is 11.8 Å². The van der Waals surface area contributed by atoms with Gasteiger partial charge in [0.2, 0.25) is 11.8 Å². The van der Waals surface area contributed by atoms with Crippen LogP contribution in [0.25, 0.3) is 0 Å². The summed E-state index contributed by atoms with van der Waals surface area (Å²) in [6.07, 6.45) is 9.97. The van der Waals surface area contributed by atoms with Crippen molar-refractivity contribution in [3.8, 4) is 0 Å². The van der Waals surface area contributed by atoms with Gasteiger partial charge in [-0.25, -0.2) is 0 Å². The summed E-state index contributed by atoms with van der Waals surface area (Å²) < 4.78 is 0. The van der Waals surface area contributed by atoms with E-state index in [-0.39, 0.29) is 23.7 Å². The Balaban J connectivity index is 1.51. The monoisotopic (exact) mass is 292 g/mol. The van der Waals surface area contributed by atoms with Crippen LogP contribution in [0.5, 0.6) is 0 Å². The van der Waals surface area contributed by atoms with E-state index in [9.17, 15) is 9.59 Å². The smallest absolute Gasteiger partial charge is 0.226 e. The molecule has 0 radical (unpaired) electrons. The SMILES string of the molecule is CCC1CCCCN1C(=O)C1CC1C(=O)NC1CCCC1. The van der Waals surface area contributed by atoms with E-state index in [1.807, 2.05) is 0 Å². The number of piperidine rings is 1. The maximum Gasteiger partial charge on any atom is 0.226 e. The molecule has 2 amide bonds. The molecule has 1 N–H and O–H groups in total. The highest BCUT2D eigenvalue weighted by molar-refractivity contribution is 5.92. The van der Waals surface area contributed by atoms with Gasteiger partial charge in [0.25, 0.3) is 0 Å². The number of amides is 2. The first-order chi connectivity index (χ1) is 10.2. The number of nitrogens with zero attached hydrogens (tertiary/aromatic N) is 1. The molecule has 0 aromatic carbocycles. The van der Waals surface area contributed by atoms with Crippen LogP contribution in [0.4, 0.5) is 0 Å². The lowest BCUT2D eigenvalue weighted by Gasteiger charge is -2.35. The quantitative estimate of drug-likeness (QED) is 0.865. The Morgan fingerprint density at radius 2 is 1.76 bits per heavy atom. The van der Waals surface area contributed by atoms with Gasteiger partial charge in [0, 0.05) is 18.6 Å². The molecule has 0 spiro atoms. The molecule has 3 rings (SSSR count). The molecule has 2 saturated carbocycles. The van der Waals surface area contributed by atoms with Crippen LogP contribution in [-0.2, 0) is 9.59 Å². The first-order valence-corrected chi connectivity index (χ1v) is 8.81. The van der Waals surface area contributed by atoms with E-state index in [1.54, 1.807) is 0 Å². The molecule has 21 heavy (non-hydrogen) atoms. The summed E-state index contributed by atoms with van der Waals surface area (Å²) in [4.78, 5) is 26.9. The Morgan fingerprint density at radius 1 is 1.05 bits per heavy atom. The minimum atomic E-state index is -0.0440. The van der Waals surface area contributed by atoms with Crippen LogP contribution in [0.15, 0.2) is 0 Å². The fourth-order valence-electron chi connectivity index (χ4n) is 4.06. The highest BCUT2D eigenvalue weighted by atomic mass is 16.2. The highest BCUT2D eigenvalue weighted by Gasteiger charge is 2.50. The number of carbonyl (C=O) groups is 2. The first-order valence-electron chi connectivity index (χ1n) is 8.81. The maximum atomic E-state index is 12.6. The lowest BCUT2D eigenvalue weighted by Crippen LogP contribution is -2.45. The van der Waals surface area contributed by atoms with E-state index in [0.29, 0.717) is 12.1 Å². The number of rotatable bonds is 4. The largest absolute Gasteiger partial charge is 0.353 e. The second-order valence-corrected chi connectivity index (χ2v) is 7.03. The number of hydrogen-bond acceptors (Lipinski definition) is 2. The second kappa shape index (κ2) is 6.37. The average molecular weight is 292 g/mol. The zero-order valence-electron chi connectivity index (χ0n) is 13.1. The molecule has 4 heteroatoms. The molecule has 2 aliphatic carbocycles. The molecule has 4 nitrogen and oxygen atoms in total. The van der Waals surface area contributed by atoms with Crippen molar-refractivity contribution in [2.24, 2.45) is 11.8 Å². The predicted molar refractivity (Wildman–Crippen MR) is 81.6 cm³/mol. The van der Waals surface area contributed by atoms with Crippen molar-refractivity contribution in [2.75, 3.05) is 6.54 Å². The van der Waals surface area contributed by atoms with Gasteiger partial charge in [-0.2, -0.15) is 0 Å². The van der Waals surface area contributed by atoms with Crippen LogP contribution in [-0.4, -0.2) is 35.3 Å². The number of carbonyl (C=O) groups excluding carboxylic acids is 2. The van der Waals surface area contributed by atoms with E-state index in [0.717, 1.165) is 45.1 Å². The standard InChI is InChI=1S/C17H28N2O2/c1-2-13-9-5-6-10-19(13)17(21)15-11-14(15)16(20)18-12-7-3-4-8-12/h12-15H,2-11H2,1H3,(H,18,20). The summed E-state index contributed by atoms with van der Waals surface area (Å²) in [5, 5.41) is 3.14. The zero-order chi connectivity index (χ0) is 14.8. The van der Waals surface area contributed by atoms with E-state index in [4.69, 9.17) is 0 Å². The van der Waals surface area contributed by atoms with E-state index in [2.05, 4.69) is 17.1 Å². The summed E-state index contributed by atoms with van der Waals surface area (Å²) in [7, 11) is 0. The first kappa shape index (κ1) is 14.9. The van der Waals surface area contributed by atoms with Gasteiger partial charge in [-0.15, -0.1) is 0 Å². The fourth-order valence-corrected chi connectivity index (χ4v) is 4.06. The number of nitrogens with one attached hydrogen (secondary N) is 1. The van der Waals surface area contributed by atoms with Crippen LogP contribution in [0.3, 0.4) is 0 Å². The molecule has 0 bridgehead atoms. The van der Waals surface area contributed by atoms with Crippen molar-refractivity contribution < 1.29 is 9.59 Å². The molecule has 0 aromatic heterocycles. The highest BCUT2D eigenvalue weighted by Crippen LogP contribution is 2.41. The lowest BCUT2D eigenvalue weighted by atomic mass is 9.99. The second-order valence-electron chi connectivity index (χ2n) is 7.03. The van der Waals surface area contributed by atoms with Crippen LogP contribution >= 0.6 is 0 Å². The minimum Gasteiger partial charge on any atom is -0.353 e. The molecule has 3 unspecified atom stereocenters. The number of likely N-dealkylation sites (tertiary alicyclic amines) is 1. The summed E-state index contributed by atoms with van der Waals surface area (Å²) in [6, 6.07) is 0.776. The fraction of sp³-hybridized carbons (Fsp3) is 0.882. The minimum absolute atomic E-state index is 0.0291. The summed E-state index contributed by atoms with van der Waals surface area (Å²) >= 11 is 0. The normalized spacial score (nSPS) is 33.0. The molecule has 1 aliphatic heterocycles. The molecule has 118 valence electrons. The average Bonchev–Trinajstić information content (AvgIpc) is 3.16. The maximum absolute atomic E-state index is 12.6. The Bertz CT molecular complexity index is 404. The molecule has 1 saturated heterocycles. The summed E-state index contributed by atoms with van der Waals surface area (Å²) in [6.45, 7) is 3.05. The Labute approximate surface area is 127 Å². The van der Waals surface area contributed by atoms with Gasteiger partial charge in [0.15, 0.2) is 0 Å². The summed E-state index contributed by atoms with van der Waals surface area (Å²) in [5.41, 5.74) is 0. The van der Waals surface area contributed by atoms with Crippen molar-refractivity contribution in [3.63, 3.8) is 0 Å². The van der Waals surface area contributed by atoms with Crippen molar-refractivity contribution in [2.45, 2.75) is 76.8 Å². The van der Waals surface area contributed by atoms with Gasteiger partial charge in [0.1, 0.15) is 0 Å². The van der Waals surface area contributed by atoms with E-state index < -0.39 is 0 Å². The predicted octanol–water partition coefficient (Wildman–Crippen LogP) is 2.47. The lowest BCUT2D eigenvalue weighted by molar-refractivity contribution is -0.138. The van der Waals surface area contributed by atoms with Crippen molar-refractivity contribution in [1.82, 2.24) is 10.2 Å². The molecule has 3 atom stereocenters. The third-order valence-electron chi connectivity index (χ3n) is 5.53. The van der Waals surface area contributed by atoms with Crippen molar-refractivity contribution in [1.29, 1.82) is 0 Å². The molecular weight excluding hydrogens is 264 g/mol. The third-order valence-corrected chi connectivity index (χ3v) is 5.53. The van der Waals surface area contributed by atoms with Crippen LogP contribution < -0.4 is 5.32 Å². The third kappa shape index (κ3) is 3.24. The van der Waals surface area contributed by atoms with Crippen LogP contribution in [0.1, 0.15) is 64.7 Å². The summed E-state index contributed by atoms with van der Waals surface area (Å²) in [5.74, 6) is 0.300. The van der Waals surface area contributed by atoms with Crippen LogP contribution in [0, 0.1) is 11.8 Å². The Morgan fingerprint density at radius 3 is 2.48 bits per heavy atom. The Hall–Kier alpha value is -1.06. The van der Waals surface area contributed by atoms with Gasteiger partial charge >= 0.3 is 0 Å². The van der Waals surface area contributed by atoms with E-state index >= 15 is 0 Å². The zero-order valence-corrected chi connectivity index (χ0v) is 13.1. The molecule has 3 fully saturated rings. The Kier molecular flexibility index (Phi) is 4.51. The molecular formula is C17H28N2O2. The topological polar surface area (TPSA) is 49.4 Å². The number of hydrogen-bond donors (Lipinski definition) is 1. The van der Waals surface area contributed by atoms with Gasteiger partial charge < -0.3 is 10.2 Å². The van der Waals surface area contributed by atoms with Crippen LogP contribution in [0.2, 0.25) is 0 Å². The van der Waals surface area contributed by atoms with E-state index in [1.165, 1.54) is 19.3 Å². The van der Waals surface area contributed by atoms with Gasteiger partial charge in [-0.05, 0) is 44.9 Å². The molecule has 1 heterocycles. The molecule has 3 aliphatic rings.